The molecule has 0 fully saturated rings. The Hall–Kier alpha value is -1.95. The molecular formula is C15H24N2O4. The molecule has 0 bridgehead atoms. The van der Waals surface area contributed by atoms with Gasteiger partial charge < -0.3 is 25.3 Å². The first-order valence-corrected chi connectivity index (χ1v) is 6.92. The van der Waals surface area contributed by atoms with Crippen LogP contribution in [0.2, 0.25) is 0 Å². The molecule has 0 aliphatic heterocycles. The van der Waals surface area contributed by atoms with Crippen LogP contribution in [0.25, 0.3) is 0 Å². The largest absolute Gasteiger partial charge is 0.493 e. The van der Waals surface area contributed by atoms with E-state index in [4.69, 9.17) is 19.9 Å². The number of amides is 1. The maximum atomic E-state index is 11.8. The van der Waals surface area contributed by atoms with Gasteiger partial charge in [0.05, 0.1) is 14.2 Å². The summed E-state index contributed by atoms with van der Waals surface area (Å²) in [6.45, 7) is 4.21. The summed E-state index contributed by atoms with van der Waals surface area (Å²) in [5, 5.41) is 2.83. The summed E-state index contributed by atoms with van der Waals surface area (Å²) < 4.78 is 16.1. The monoisotopic (exact) mass is 296 g/mol. The van der Waals surface area contributed by atoms with E-state index in [1.54, 1.807) is 12.1 Å². The predicted octanol–water partition coefficient (Wildman–Crippen LogP) is 1.46. The molecule has 0 radical (unpaired) electrons. The fourth-order valence-electron chi connectivity index (χ4n) is 1.75. The van der Waals surface area contributed by atoms with E-state index in [0.717, 1.165) is 12.0 Å². The molecule has 0 saturated carbocycles. The van der Waals surface area contributed by atoms with Crippen LogP contribution in [0.4, 0.5) is 0 Å². The van der Waals surface area contributed by atoms with Gasteiger partial charge in [-0.05, 0) is 31.0 Å². The Morgan fingerprint density at radius 2 is 1.86 bits per heavy atom. The third-order valence-corrected chi connectivity index (χ3v) is 3.12. The summed E-state index contributed by atoms with van der Waals surface area (Å²) in [6, 6.07) is 3.65. The first-order chi connectivity index (χ1) is 10.0. The lowest BCUT2D eigenvalue weighted by atomic mass is 10.2. The fourth-order valence-corrected chi connectivity index (χ4v) is 1.75. The molecule has 0 saturated heterocycles. The SMILES string of the molecule is CCC(C)NC(=O)COc1c(OC)cc(CN)cc1OC. The van der Waals surface area contributed by atoms with E-state index in [0.29, 0.717) is 23.8 Å². The van der Waals surface area contributed by atoms with Crippen LogP contribution >= 0.6 is 0 Å². The second kappa shape index (κ2) is 8.36. The second-order valence-corrected chi connectivity index (χ2v) is 4.70. The Bertz CT molecular complexity index is 452. The van der Waals surface area contributed by atoms with Crippen molar-refractivity contribution in [3.8, 4) is 17.2 Å². The number of hydrogen-bond acceptors (Lipinski definition) is 5. The van der Waals surface area contributed by atoms with E-state index in [1.165, 1.54) is 14.2 Å². The molecule has 6 nitrogen and oxygen atoms in total. The maximum Gasteiger partial charge on any atom is 0.258 e. The van der Waals surface area contributed by atoms with Crippen molar-refractivity contribution >= 4 is 5.91 Å². The lowest BCUT2D eigenvalue weighted by Gasteiger charge is -2.16. The standard InChI is InChI=1S/C15H24N2O4/c1-5-10(2)17-14(18)9-21-15-12(19-3)6-11(8-16)7-13(15)20-4/h6-7,10H,5,8-9,16H2,1-4H3,(H,17,18). The van der Waals surface area contributed by atoms with Gasteiger partial charge in [0.25, 0.3) is 5.91 Å². The molecule has 1 rings (SSSR count). The van der Waals surface area contributed by atoms with E-state index in [1.807, 2.05) is 13.8 Å². The van der Waals surface area contributed by atoms with Crippen LogP contribution < -0.4 is 25.3 Å². The highest BCUT2D eigenvalue weighted by Crippen LogP contribution is 2.38. The van der Waals surface area contributed by atoms with Crippen LogP contribution in [-0.4, -0.2) is 32.8 Å². The zero-order valence-electron chi connectivity index (χ0n) is 13.1. The van der Waals surface area contributed by atoms with Gasteiger partial charge in [-0.3, -0.25) is 4.79 Å². The van der Waals surface area contributed by atoms with E-state index in [9.17, 15) is 4.79 Å². The Balaban J connectivity index is 2.84. The van der Waals surface area contributed by atoms with E-state index >= 15 is 0 Å². The van der Waals surface area contributed by atoms with Crippen LogP contribution in [-0.2, 0) is 11.3 Å². The number of benzene rings is 1. The van der Waals surface area contributed by atoms with E-state index < -0.39 is 0 Å². The number of rotatable bonds is 8. The fraction of sp³-hybridized carbons (Fsp3) is 0.533. The first-order valence-electron chi connectivity index (χ1n) is 6.92. The highest BCUT2D eigenvalue weighted by molar-refractivity contribution is 5.78. The molecule has 0 aliphatic rings. The van der Waals surface area contributed by atoms with Crippen LogP contribution in [0, 0.1) is 0 Å². The summed E-state index contributed by atoms with van der Waals surface area (Å²) >= 11 is 0. The molecule has 118 valence electrons. The highest BCUT2D eigenvalue weighted by Gasteiger charge is 2.15. The highest BCUT2D eigenvalue weighted by atomic mass is 16.5. The average molecular weight is 296 g/mol. The zero-order chi connectivity index (χ0) is 15.8. The molecule has 1 atom stereocenters. The van der Waals surface area contributed by atoms with Crippen molar-refractivity contribution in [1.82, 2.24) is 5.32 Å². The Morgan fingerprint density at radius 1 is 1.29 bits per heavy atom. The summed E-state index contributed by atoms with van der Waals surface area (Å²) in [4.78, 5) is 11.8. The minimum atomic E-state index is -0.184. The third kappa shape index (κ3) is 4.82. The molecule has 1 amide bonds. The predicted molar refractivity (Wildman–Crippen MR) is 80.8 cm³/mol. The van der Waals surface area contributed by atoms with Gasteiger partial charge in [0, 0.05) is 12.6 Å². The smallest absolute Gasteiger partial charge is 0.258 e. The summed E-state index contributed by atoms with van der Waals surface area (Å²) in [6.07, 6.45) is 0.865. The molecule has 0 aliphatic carbocycles. The number of carbonyl (C=O) groups excluding carboxylic acids is 1. The Morgan fingerprint density at radius 3 is 2.29 bits per heavy atom. The van der Waals surface area contributed by atoms with E-state index in [-0.39, 0.29) is 18.6 Å². The number of nitrogens with one attached hydrogen (secondary N) is 1. The molecule has 0 spiro atoms. The van der Waals surface area contributed by atoms with Gasteiger partial charge in [0.15, 0.2) is 18.1 Å². The number of ether oxygens (including phenoxy) is 3. The molecule has 6 heteroatoms. The normalized spacial score (nSPS) is 11.7. The van der Waals surface area contributed by atoms with Gasteiger partial charge in [-0.2, -0.15) is 0 Å². The molecule has 1 aromatic carbocycles. The van der Waals surface area contributed by atoms with Crippen molar-refractivity contribution in [3.63, 3.8) is 0 Å². The zero-order valence-corrected chi connectivity index (χ0v) is 13.1. The minimum absolute atomic E-state index is 0.0982. The van der Waals surface area contributed by atoms with Crippen LogP contribution in [0.1, 0.15) is 25.8 Å². The van der Waals surface area contributed by atoms with Crippen molar-refractivity contribution in [2.45, 2.75) is 32.9 Å². The quantitative estimate of drug-likeness (QED) is 0.759. The van der Waals surface area contributed by atoms with Gasteiger partial charge in [-0.1, -0.05) is 6.92 Å². The van der Waals surface area contributed by atoms with Gasteiger partial charge in [-0.25, -0.2) is 0 Å². The topological polar surface area (TPSA) is 82.8 Å². The maximum absolute atomic E-state index is 11.8. The molecule has 1 unspecified atom stereocenters. The lowest BCUT2D eigenvalue weighted by molar-refractivity contribution is -0.123. The molecule has 1 aromatic rings. The molecule has 0 aromatic heterocycles. The number of hydrogen-bond donors (Lipinski definition) is 2. The van der Waals surface area contributed by atoms with Gasteiger partial charge in [-0.15, -0.1) is 0 Å². The van der Waals surface area contributed by atoms with Crippen molar-refractivity contribution in [2.75, 3.05) is 20.8 Å². The van der Waals surface area contributed by atoms with Crippen LogP contribution in [0.3, 0.4) is 0 Å². The van der Waals surface area contributed by atoms with E-state index in [2.05, 4.69) is 5.32 Å². The molecule has 3 N–H and O–H groups in total. The van der Waals surface area contributed by atoms with Crippen molar-refractivity contribution in [1.29, 1.82) is 0 Å². The lowest BCUT2D eigenvalue weighted by Crippen LogP contribution is -2.35. The number of carbonyl (C=O) groups is 1. The van der Waals surface area contributed by atoms with Crippen molar-refractivity contribution in [3.05, 3.63) is 17.7 Å². The summed E-state index contributed by atoms with van der Waals surface area (Å²) in [5.74, 6) is 1.20. The number of methoxy groups -OCH3 is 2. The van der Waals surface area contributed by atoms with Crippen molar-refractivity contribution in [2.24, 2.45) is 5.73 Å². The Labute approximate surface area is 125 Å². The molecular weight excluding hydrogens is 272 g/mol. The average Bonchev–Trinajstić information content (AvgIpc) is 2.51. The van der Waals surface area contributed by atoms with Gasteiger partial charge in [0.2, 0.25) is 5.75 Å². The molecule has 0 heterocycles. The third-order valence-electron chi connectivity index (χ3n) is 3.12. The van der Waals surface area contributed by atoms with Crippen molar-refractivity contribution < 1.29 is 19.0 Å². The second-order valence-electron chi connectivity index (χ2n) is 4.70. The van der Waals surface area contributed by atoms with Gasteiger partial charge in [0.1, 0.15) is 0 Å². The summed E-state index contributed by atoms with van der Waals surface area (Å²) in [7, 11) is 3.06. The molecule has 21 heavy (non-hydrogen) atoms. The Kier molecular flexibility index (Phi) is 6.81. The summed E-state index contributed by atoms with van der Waals surface area (Å²) in [5.41, 5.74) is 6.48. The first kappa shape index (κ1) is 17.1. The van der Waals surface area contributed by atoms with Crippen LogP contribution in [0.15, 0.2) is 12.1 Å². The minimum Gasteiger partial charge on any atom is -0.493 e. The van der Waals surface area contributed by atoms with Crippen LogP contribution in [0.5, 0.6) is 17.2 Å². The number of nitrogens with two attached hydrogens (primary N) is 1. The van der Waals surface area contributed by atoms with Gasteiger partial charge >= 0.3 is 0 Å².